The number of nitrogens with zero attached hydrogens (tertiary/aromatic N) is 1. The predicted octanol–water partition coefficient (Wildman–Crippen LogP) is 1.50. The summed E-state index contributed by atoms with van der Waals surface area (Å²) in [4.78, 5) is 15.5. The highest BCUT2D eigenvalue weighted by Crippen LogP contribution is 2.08. The van der Waals surface area contributed by atoms with Gasteiger partial charge in [0.1, 0.15) is 12.8 Å². The van der Waals surface area contributed by atoms with E-state index in [0.717, 1.165) is 11.8 Å². The fraction of sp³-hybridized carbons (Fsp3) is 0.273. The molecule has 0 N–H and O–H groups in total. The number of aldehydes is 1. The van der Waals surface area contributed by atoms with Crippen molar-refractivity contribution in [2.24, 2.45) is 5.16 Å². The molecule has 0 atom stereocenters. The maximum absolute atomic E-state index is 10.8. The Bertz CT molecular complexity index is 361. The van der Waals surface area contributed by atoms with Gasteiger partial charge in [0.05, 0.1) is 6.61 Å². The van der Waals surface area contributed by atoms with Gasteiger partial charge >= 0.3 is 0 Å². The number of benzene rings is 1. The molecule has 0 spiro atoms. The highest BCUT2D eigenvalue weighted by molar-refractivity contribution is 6.06. The van der Waals surface area contributed by atoms with Crippen LogP contribution in [0.3, 0.4) is 0 Å². The molecule has 0 radical (unpaired) electrons. The van der Waals surface area contributed by atoms with Crippen LogP contribution < -0.4 is 0 Å². The normalized spacial score (nSPS) is 11.2. The number of ether oxygens (including phenoxy) is 1. The Balaban J connectivity index is 3.10. The van der Waals surface area contributed by atoms with Crippen molar-refractivity contribution < 1.29 is 14.4 Å². The molecule has 1 rings (SSSR count). The lowest BCUT2D eigenvalue weighted by Crippen LogP contribution is -2.11. The molecule has 15 heavy (non-hydrogen) atoms. The molecule has 1 aromatic rings. The molecule has 0 aromatic heterocycles. The van der Waals surface area contributed by atoms with Crippen LogP contribution >= 0.6 is 0 Å². The van der Waals surface area contributed by atoms with Crippen LogP contribution in [0.5, 0.6) is 0 Å². The van der Waals surface area contributed by atoms with Crippen LogP contribution in [-0.4, -0.2) is 32.8 Å². The number of carbonyl (C=O) groups excluding carboxylic acids is 1. The van der Waals surface area contributed by atoms with E-state index in [1.54, 1.807) is 25.3 Å². The van der Waals surface area contributed by atoms with Crippen molar-refractivity contribution >= 4 is 12.0 Å². The third-order valence-corrected chi connectivity index (χ3v) is 1.88. The van der Waals surface area contributed by atoms with E-state index < -0.39 is 0 Å². The number of methoxy groups -OCH3 is 1. The minimum atomic E-state index is 0.304. The van der Waals surface area contributed by atoms with Gasteiger partial charge in [-0.3, -0.25) is 4.79 Å². The maximum atomic E-state index is 10.8. The number of hydrogen-bond donors (Lipinski definition) is 0. The third-order valence-electron chi connectivity index (χ3n) is 1.88. The van der Waals surface area contributed by atoms with Gasteiger partial charge in [0.15, 0.2) is 6.29 Å². The SMILES string of the molecule is COCC(=NOC)c1ccccc1C=O. The molecule has 0 unspecified atom stereocenters. The van der Waals surface area contributed by atoms with Crippen molar-refractivity contribution in [1.82, 2.24) is 0 Å². The van der Waals surface area contributed by atoms with Gasteiger partial charge in [0.2, 0.25) is 0 Å². The zero-order valence-corrected chi connectivity index (χ0v) is 8.77. The van der Waals surface area contributed by atoms with Crippen molar-refractivity contribution in [3.05, 3.63) is 35.4 Å². The van der Waals surface area contributed by atoms with Gasteiger partial charge < -0.3 is 9.57 Å². The first-order valence-electron chi connectivity index (χ1n) is 4.47. The van der Waals surface area contributed by atoms with Crippen LogP contribution in [0.2, 0.25) is 0 Å². The molecule has 0 fully saturated rings. The molecule has 4 heteroatoms. The summed E-state index contributed by atoms with van der Waals surface area (Å²) in [6, 6.07) is 7.16. The first-order chi connectivity index (χ1) is 7.33. The first-order valence-corrected chi connectivity index (χ1v) is 4.47. The summed E-state index contributed by atoms with van der Waals surface area (Å²) in [6.45, 7) is 0.304. The molecule has 0 heterocycles. The molecule has 0 saturated heterocycles. The summed E-state index contributed by atoms with van der Waals surface area (Å²) in [5.41, 5.74) is 1.91. The summed E-state index contributed by atoms with van der Waals surface area (Å²) in [5.74, 6) is 0. The van der Waals surface area contributed by atoms with Crippen LogP contribution in [-0.2, 0) is 9.57 Å². The average Bonchev–Trinajstić information content (AvgIpc) is 2.29. The molecule has 0 saturated carbocycles. The standard InChI is InChI=1S/C11H13NO3/c1-14-8-11(12-15-2)10-6-4-3-5-9(10)7-13/h3-7H,8H2,1-2H3. The number of carbonyl (C=O) groups is 1. The van der Waals surface area contributed by atoms with Gasteiger partial charge in [-0.2, -0.15) is 0 Å². The van der Waals surface area contributed by atoms with E-state index in [1.165, 1.54) is 7.11 Å². The number of rotatable bonds is 5. The van der Waals surface area contributed by atoms with Crippen LogP contribution in [0.15, 0.2) is 29.4 Å². The van der Waals surface area contributed by atoms with Crippen molar-refractivity contribution in [3.8, 4) is 0 Å². The predicted molar refractivity (Wildman–Crippen MR) is 57.3 cm³/mol. The summed E-state index contributed by atoms with van der Waals surface area (Å²) in [6.07, 6.45) is 0.788. The smallest absolute Gasteiger partial charge is 0.150 e. The topological polar surface area (TPSA) is 47.9 Å². The second kappa shape index (κ2) is 5.93. The fourth-order valence-electron chi connectivity index (χ4n) is 1.26. The van der Waals surface area contributed by atoms with Crippen LogP contribution in [0.25, 0.3) is 0 Å². The molecule has 1 aromatic carbocycles. The second-order valence-electron chi connectivity index (χ2n) is 2.86. The van der Waals surface area contributed by atoms with Gasteiger partial charge in [0, 0.05) is 18.2 Å². The molecule has 0 aliphatic carbocycles. The van der Waals surface area contributed by atoms with Crippen molar-refractivity contribution in [2.75, 3.05) is 20.8 Å². The Hall–Kier alpha value is -1.68. The van der Waals surface area contributed by atoms with E-state index in [4.69, 9.17) is 9.57 Å². The summed E-state index contributed by atoms with van der Waals surface area (Å²) in [7, 11) is 3.02. The molecule has 0 aliphatic heterocycles. The Kier molecular flexibility index (Phi) is 4.50. The van der Waals surface area contributed by atoms with Crippen LogP contribution in [0.1, 0.15) is 15.9 Å². The average molecular weight is 207 g/mol. The lowest BCUT2D eigenvalue weighted by molar-refractivity contribution is 0.112. The van der Waals surface area contributed by atoms with E-state index in [0.29, 0.717) is 17.9 Å². The zero-order chi connectivity index (χ0) is 11.1. The van der Waals surface area contributed by atoms with Gasteiger partial charge in [-0.15, -0.1) is 0 Å². The van der Waals surface area contributed by atoms with Crippen molar-refractivity contribution in [2.45, 2.75) is 0 Å². The molecular formula is C11H13NO3. The fourth-order valence-corrected chi connectivity index (χ4v) is 1.26. The van der Waals surface area contributed by atoms with E-state index in [2.05, 4.69) is 5.16 Å². The number of oxime groups is 1. The molecule has 0 aliphatic rings. The summed E-state index contributed by atoms with van der Waals surface area (Å²) >= 11 is 0. The van der Waals surface area contributed by atoms with Crippen molar-refractivity contribution in [3.63, 3.8) is 0 Å². The third kappa shape index (κ3) is 2.89. The first kappa shape index (κ1) is 11.4. The molecule has 80 valence electrons. The second-order valence-corrected chi connectivity index (χ2v) is 2.86. The highest BCUT2D eigenvalue weighted by Gasteiger charge is 2.08. The molecule has 0 bridgehead atoms. The lowest BCUT2D eigenvalue weighted by Gasteiger charge is -2.06. The minimum absolute atomic E-state index is 0.304. The maximum Gasteiger partial charge on any atom is 0.150 e. The Labute approximate surface area is 88.5 Å². The minimum Gasteiger partial charge on any atom is -0.399 e. The largest absolute Gasteiger partial charge is 0.399 e. The summed E-state index contributed by atoms with van der Waals surface area (Å²) < 4.78 is 4.98. The van der Waals surface area contributed by atoms with E-state index >= 15 is 0 Å². The number of hydrogen-bond acceptors (Lipinski definition) is 4. The van der Waals surface area contributed by atoms with E-state index in [-0.39, 0.29) is 0 Å². The van der Waals surface area contributed by atoms with E-state index in [9.17, 15) is 4.79 Å². The highest BCUT2D eigenvalue weighted by atomic mass is 16.6. The molecule has 0 amide bonds. The molecular weight excluding hydrogens is 194 g/mol. The van der Waals surface area contributed by atoms with Crippen LogP contribution in [0, 0.1) is 0 Å². The Morgan fingerprint density at radius 2 is 2.13 bits per heavy atom. The quantitative estimate of drug-likeness (QED) is 0.417. The van der Waals surface area contributed by atoms with Gasteiger partial charge in [-0.05, 0) is 0 Å². The van der Waals surface area contributed by atoms with Gasteiger partial charge in [0.25, 0.3) is 0 Å². The monoisotopic (exact) mass is 207 g/mol. The van der Waals surface area contributed by atoms with Gasteiger partial charge in [-0.25, -0.2) is 0 Å². The Morgan fingerprint density at radius 3 is 2.73 bits per heavy atom. The Morgan fingerprint density at radius 1 is 1.40 bits per heavy atom. The lowest BCUT2D eigenvalue weighted by atomic mass is 10.0. The van der Waals surface area contributed by atoms with Crippen LogP contribution in [0.4, 0.5) is 0 Å². The molecule has 4 nitrogen and oxygen atoms in total. The van der Waals surface area contributed by atoms with E-state index in [1.807, 2.05) is 6.07 Å². The van der Waals surface area contributed by atoms with Crippen molar-refractivity contribution in [1.29, 1.82) is 0 Å². The van der Waals surface area contributed by atoms with Gasteiger partial charge in [-0.1, -0.05) is 29.4 Å². The summed E-state index contributed by atoms with van der Waals surface area (Å²) in [5, 5.41) is 3.83. The zero-order valence-electron chi connectivity index (χ0n) is 8.77.